The number of carbonyl (C=O) groups is 1. The molecule has 0 bridgehead atoms. The number of ether oxygens (including phenoxy) is 1. The van der Waals surface area contributed by atoms with E-state index < -0.39 is 17.5 Å². The standard InChI is InChI=1S/C14H13F3N2O2/c1-3-19-12(11(21-2)8-18-19)13(20)9-5-4-6-10(7-9)14(15,16)17/h4-8H,3H2,1-2H3. The van der Waals surface area contributed by atoms with Gasteiger partial charge in [0.05, 0.1) is 18.9 Å². The number of methoxy groups -OCH3 is 1. The number of aryl methyl sites for hydroxylation is 1. The van der Waals surface area contributed by atoms with Gasteiger partial charge in [0.15, 0.2) is 11.4 Å². The number of hydrogen-bond donors (Lipinski definition) is 0. The molecule has 0 spiro atoms. The Hall–Kier alpha value is -2.31. The minimum Gasteiger partial charge on any atom is -0.493 e. The van der Waals surface area contributed by atoms with E-state index in [9.17, 15) is 18.0 Å². The lowest BCUT2D eigenvalue weighted by Gasteiger charge is -2.09. The monoisotopic (exact) mass is 298 g/mol. The molecular weight excluding hydrogens is 285 g/mol. The zero-order valence-corrected chi connectivity index (χ0v) is 11.4. The van der Waals surface area contributed by atoms with Crippen molar-refractivity contribution in [1.29, 1.82) is 0 Å². The van der Waals surface area contributed by atoms with E-state index in [2.05, 4.69) is 5.10 Å². The molecule has 1 aromatic carbocycles. The molecule has 1 aromatic heterocycles. The van der Waals surface area contributed by atoms with Crippen LogP contribution in [0.25, 0.3) is 0 Å². The average molecular weight is 298 g/mol. The topological polar surface area (TPSA) is 44.1 Å². The highest BCUT2D eigenvalue weighted by atomic mass is 19.4. The first kappa shape index (κ1) is 15.1. The molecule has 112 valence electrons. The maximum atomic E-state index is 12.7. The van der Waals surface area contributed by atoms with Gasteiger partial charge >= 0.3 is 6.18 Å². The van der Waals surface area contributed by atoms with Crippen LogP contribution >= 0.6 is 0 Å². The number of alkyl halides is 3. The normalized spacial score (nSPS) is 11.5. The second kappa shape index (κ2) is 5.59. The molecule has 0 aliphatic heterocycles. The molecule has 0 saturated carbocycles. The molecule has 0 amide bonds. The highest BCUT2D eigenvalue weighted by molar-refractivity contribution is 6.09. The van der Waals surface area contributed by atoms with Gasteiger partial charge in [-0.2, -0.15) is 18.3 Å². The third kappa shape index (κ3) is 2.91. The van der Waals surface area contributed by atoms with E-state index in [4.69, 9.17) is 4.74 Å². The summed E-state index contributed by atoms with van der Waals surface area (Å²) in [6.45, 7) is 2.18. The minimum atomic E-state index is -4.49. The predicted octanol–water partition coefficient (Wildman–Crippen LogP) is 3.16. The summed E-state index contributed by atoms with van der Waals surface area (Å²) in [6, 6.07) is 4.29. The molecule has 0 fully saturated rings. The fourth-order valence-electron chi connectivity index (χ4n) is 1.96. The van der Waals surface area contributed by atoms with Gasteiger partial charge in [-0.25, -0.2) is 0 Å². The van der Waals surface area contributed by atoms with Crippen molar-refractivity contribution in [3.63, 3.8) is 0 Å². The van der Waals surface area contributed by atoms with E-state index in [0.29, 0.717) is 6.54 Å². The van der Waals surface area contributed by atoms with Gasteiger partial charge in [0.2, 0.25) is 5.78 Å². The van der Waals surface area contributed by atoms with Crippen molar-refractivity contribution in [3.8, 4) is 5.75 Å². The maximum Gasteiger partial charge on any atom is 0.416 e. The Morgan fingerprint density at radius 1 is 1.38 bits per heavy atom. The molecule has 1 heterocycles. The molecule has 0 N–H and O–H groups in total. The fraction of sp³-hybridized carbons (Fsp3) is 0.286. The zero-order valence-electron chi connectivity index (χ0n) is 11.4. The quantitative estimate of drug-likeness (QED) is 0.814. The van der Waals surface area contributed by atoms with Crippen molar-refractivity contribution < 1.29 is 22.7 Å². The van der Waals surface area contributed by atoms with E-state index >= 15 is 0 Å². The van der Waals surface area contributed by atoms with Crippen molar-refractivity contribution in [1.82, 2.24) is 9.78 Å². The molecule has 21 heavy (non-hydrogen) atoms. The molecule has 0 saturated heterocycles. The molecule has 0 radical (unpaired) electrons. The largest absolute Gasteiger partial charge is 0.493 e. The van der Waals surface area contributed by atoms with Crippen molar-refractivity contribution in [2.45, 2.75) is 19.6 Å². The number of nitrogens with zero attached hydrogens (tertiary/aromatic N) is 2. The van der Waals surface area contributed by atoms with Gasteiger partial charge in [-0.05, 0) is 19.1 Å². The average Bonchev–Trinajstić information content (AvgIpc) is 2.88. The highest BCUT2D eigenvalue weighted by Crippen LogP contribution is 2.30. The van der Waals surface area contributed by atoms with Crippen LogP contribution in [0.4, 0.5) is 13.2 Å². The van der Waals surface area contributed by atoms with Crippen LogP contribution in [0.3, 0.4) is 0 Å². The smallest absolute Gasteiger partial charge is 0.416 e. The van der Waals surface area contributed by atoms with Gasteiger partial charge in [0, 0.05) is 12.1 Å². The Morgan fingerprint density at radius 3 is 2.67 bits per heavy atom. The number of hydrogen-bond acceptors (Lipinski definition) is 3. The number of halogens is 3. The summed E-state index contributed by atoms with van der Waals surface area (Å²) in [5, 5.41) is 3.97. The van der Waals surface area contributed by atoms with Crippen LogP contribution in [0, 0.1) is 0 Å². The Morgan fingerprint density at radius 2 is 2.10 bits per heavy atom. The summed E-state index contributed by atoms with van der Waals surface area (Å²) < 4.78 is 44.6. The molecule has 0 unspecified atom stereocenters. The van der Waals surface area contributed by atoms with Gasteiger partial charge in [0.1, 0.15) is 0 Å². The van der Waals surface area contributed by atoms with Gasteiger partial charge in [-0.15, -0.1) is 0 Å². The first-order chi connectivity index (χ1) is 9.88. The van der Waals surface area contributed by atoms with Gasteiger partial charge in [-0.1, -0.05) is 12.1 Å². The van der Waals surface area contributed by atoms with E-state index in [1.807, 2.05) is 0 Å². The summed E-state index contributed by atoms with van der Waals surface area (Å²) in [5.74, 6) is -0.323. The summed E-state index contributed by atoms with van der Waals surface area (Å²) in [5.41, 5.74) is -0.785. The molecular formula is C14H13F3N2O2. The lowest BCUT2D eigenvalue weighted by Crippen LogP contribution is -2.13. The molecule has 7 heteroatoms. The Kier molecular flexibility index (Phi) is 4.02. The Balaban J connectivity index is 2.48. The lowest BCUT2D eigenvalue weighted by atomic mass is 10.0. The number of carbonyl (C=O) groups excluding carboxylic acids is 1. The molecule has 0 atom stereocenters. The van der Waals surface area contributed by atoms with Crippen LogP contribution in [0.5, 0.6) is 5.75 Å². The second-order valence-corrected chi connectivity index (χ2v) is 4.29. The van der Waals surface area contributed by atoms with Crippen LogP contribution < -0.4 is 4.74 Å². The van der Waals surface area contributed by atoms with Crippen LogP contribution in [0.1, 0.15) is 28.5 Å². The van der Waals surface area contributed by atoms with Crippen LogP contribution in [0.15, 0.2) is 30.5 Å². The second-order valence-electron chi connectivity index (χ2n) is 4.29. The lowest BCUT2D eigenvalue weighted by molar-refractivity contribution is -0.137. The summed E-state index contributed by atoms with van der Waals surface area (Å²) in [4.78, 5) is 12.4. The number of ketones is 1. The van der Waals surface area contributed by atoms with Crippen molar-refractivity contribution in [2.24, 2.45) is 0 Å². The van der Waals surface area contributed by atoms with Crippen molar-refractivity contribution in [3.05, 3.63) is 47.3 Å². The third-order valence-electron chi connectivity index (χ3n) is 2.99. The Bertz CT molecular complexity index is 641. The number of aromatic nitrogens is 2. The number of rotatable bonds is 4. The highest BCUT2D eigenvalue weighted by Gasteiger charge is 2.31. The molecule has 0 aliphatic rings. The van der Waals surface area contributed by atoms with E-state index in [0.717, 1.165) is 12.1 Å². The van der Waals surface area contributed by atoms with E-state index in [-0.39, 0.29) is 17.0 Å². The Labute approximate surface area is 119 Å². The van der Waals surface area contributed by atoms with Gasteiger partial charge in [-0.3, -0.25) is 9.48 Å². The molecule has 0 aliphatic carbocycles. The van der Waals surface area contributed by atoms with Crippen LogP contribution in [-0.2, 0) is 12.7 Å². The molecule has 2 aromatic rings. The van der Waals surface area contributed by atoms with Crippen molar-refractivity contribution in [2.75, 3.05) is 7.11 Å². The fourth-order valence-corrected chi connectivity index (χ4v) is 1.96. The molecule has 4 nitrogen and oxygen atoms in total. The maximum absolute atomic E-state index is 12.7. The SMILES string of the molecule is CCn1ncc(OC)c1C(=O)c1cccc(C(F)(F)F)c1. The van der Waals surface area contributed by atoms with Crippen molar-refractivity contribution >= 4 is 5.78 Å². The third-order valence-corrected chi connectivity index (χ3v) is 2.99. The zero-order chi connectivity index (χ0) is 15.6. The first-order valence-corrected chi connectivity index (χ1v) is 6.20. The van der Waals surface area contributed by atoms with E-state index in [1.54, 1.807) is 6.92 Å². The van der Waals surface area contributed by atoms with Crippen LogP contribution in [-0.4, -0.2) is 22.7 Å². The molecule has 2 rings (SSSR count). The van der Waals surface area contributed by atoms with Crippen LogP contribution in [0.2, 0.25) is 0 Å². The summed E-state index contributed by atoms with van der Waals surface area (Å²) in [7, 11) is 1.37. The first-order valence-electron chi connectivity index (χ1n) is 6.20. The minimum absolute atomic E-state index is 0.0571. The number of benzene rings is 1. The summed E-state index contributed by atoms with van der Waals surface area (Å²) in [6.07, 6.45) is -3.13. The summed E-state index contributed by atoms with van der Waals surface area (Å²) >= 11 is 0. The van der Waals surface area contributed by atoms with Gasteiger partial charge < -0.3 is 4.74 Å². The van der Waals surface area contributed by atoms with Gasteiger partial charge in [0.25, 0.3) is 0 Å². The predicted molar refractivity (Wildman–Crippen MR) is 69.3 cm³/mol. The van der Waals surface area contributed by atoms with E-state index in [1.165, 1.54) is 30.1 Å².